The molecule has 0 spiro atoms. The van der Waals surface area contributed by atoms with Gasteiger partial charge in [-0.2, -0.15) is 0 Å². The molecule has 0 radical (unpaired) electrons. The number of nitrogens with zero attached hydrogens (tertiary/aromatic N) is 2. The van der Waals surface area contributed by atoms with Crippen LogP contribution in [0.4, 0.5) is 0 Å². The first-order chi connectivity index (χ1) is 5.81. The summed E-state index contributed by atoms with van der Waals surface area (Å²) in [5.74, 6) is 0. The van der Waals surface area contributed by atoms with Crippen molar-refractivity contribution in [2.24, 2.45) is 0 Å². The smallest absolute Gasteiger partial charge is 0.209 e. The topological polar surface area (TPSA) is 49.1 Å². The molecule has 0 amide bonds. The average molecular weight is 170 g/mol. The maximum Gasteiger partial charge on any atom is 0.209 e. The second-order valence-electron chi connectivity index (χ2n) is 1.88. The number of ether oxygens (including phenoxy) is 1. The predicted octanol–water partition coefficient (Wildman–Crippen LogP) is 0.758. The van der Waals surface area contributed by atoms with Crippen molar-refractivity contribution in [1.82, 2.24) is 5.10 Å². The van der Waals surface area contributed by atoms with Crippen molar-refractivity contribution in [1.29, 1.82) is 0 Å². The summed E-state index contributed by atoms with van der Waals surface area (Å²) in [6.45, 7) is 5.67. The van der Waals surface area contributed by atoms with E-state index in [4.69, 9.17) is 4.74 Å². The molecule has 0 saturated heterocycles. The fraction of sp³-hybridized carbons (Fsp3) is 0.500. The van der Waals surface area contributed by atoms with Gasteiger partial charge in [-0.15, -0.1) is 0 Å². The lowest BCUT2D eigenvalue weighted by Crippen LogP contribution is -2.28. The first kappa shape index (κ1) is 10.8. The first-order valence-electron chi connectivity index (χ1n) is 3.89. The summed E-state index contributed by atoms with van der Waals surface area (Å²) in [6.07, 6.45) is 2.77. The second kappa shape index (κ2) is 7.94. The van der Waals surface area contributed by atoms with Crippen molar-refractivity contribution in [3.05, 3.63) is 29.7 Å². The van der Waals surface area contributed by atoms with E-state index in [0.717, 1.165) is 13.2 Å². The van der Waals surface area contributed by atoms with Crippen molar-refractivity contribution in [3.8, 4) is 0 Å². The highest BCUT2D eigenvalue weighted by molar-refractivity contribution is 4.76. The third-order valence-electron chi connectivity index (χ3n) is 0.999. The minimum Gasteiger partial charge on any atom is -0.594 e. The molecule has 1 rings (SSSR count). The summed E-state index contributed by atoms with van der Waals surface area (Å²) in [4.78, 5) is 0.500. The van der Waals surface area contributed by atoms with Crippen LogP contribution in [0.25, 0.3) is 0 Å². The molecule has 0 fully saturated rings. The molecule has 0 unspecified atom stereocenters. The van der Waals surface area contributed by atoms with Crippen molar-refractivity contribution in [2.45, 2.75) is 13.8 Å². The fourth-order valence-corrected chi connectivity index (χ4v) is 0.520. The molecule has 68 valence electrons. The van der Waals surface area contributed by atoms with E-state index < -0.39 is 0 Å². The van der Waals surface area contributed by atoms with Crippen LogP contribution in [-0.4, -0.2) is 18.3 Å². The van der Waals surface area contributed by atoms with Gasteiger partial charge < -0.3 is 9.94 Å². The summed E-state index contributed by atoms with van der Waals surface area (Å²) in [6, 6.07) is 3.31. The summed E-state index contributed by atoms with van der Waals surface area (Å²) in [5, 5.41) is 13.4. The lowest BCUT2D eigenvalue weighted by molar-refractivity contribution is -0.669. The highest BCUT2D eigenvalue weighted by Crippen LogP contribution is 1.67. The van der Waals surface area contributed by atoms with Gasteiger partial charge in [0.2, 0.25) is 6.20 Å². The maximum atomic E-state index is 10.1. The van der Waals surface area contributed by atoms with Crippen LogP contribution in [0.1, 0.15) is 13.8 Å². The Hall–Kier alpha value is -1.16. The number of aromatic nitrogens is 2. The maximum absolute atomic E-state index is 10.1. The Bertz CT molecular complexity index is 178. The molecular formula is C8H14N2O2. The van der Waals surface area contributed by atoms with Gasteiger partial charge in [0.1, 0.15) is 0 Å². The normalized spacial score (nSPS) is 8.50. The molecule has 12 heavy (non-hydrogen) atoms. The molecule has 0 bridgehead atoms. The molecule has 1 aromatic heterocycles. The van der Waals surface area contributed by atoms with Gasteiger partial charge in [0.05, 0.1) is 6.20 Å². The largest absolute Gasteiger partial charge is 0.594 e. The van der Waals surface area contributed by atoms with Crippen molar-refractivity contribution in [3.63, 3.8) is 0 Å². The Balaban J connectivity index is 0.000000217. The SMILES string of the molecule is CCOCC.[O-][n+]1ccccn1. The van der Waals surface area contributed by atoms with Crippen LogP contribution >= 0.6 is 0 Å². The van der Waals surface area contributed by atoms with E-state index >= 15 is 0 Å². The van der Waals surface area contributed by atoms with Gasteiger partial charge in [-0.25, -0.2) is 0 Å². The lowest BCUT2D eigenvalue weighted by Gasteiger charge is -1.86. The zero-order valence-corrected chi connectivity index (χ0v) is 7.43. The Morgan fingerprint density at radius 3 is 2.17 bits per heavy atom. The molecule has 0 N–H and O–H groups in total. The predicted molar refractivity (Wildman–Crippen MR) is 45.4 cm³/mol. The minimum absolute atomic E-state index is 0.500. The van der Waals surface area contributed by atoms with E-state index in [-0.39, 0.29) is 0 Å². The van der Waals surface area contributed by atoms with E-state index in [1.165, 1.54) is 12.4 Å². The monoisotopic (exact) mass is 170 g/mol. The zero-order chi connectivity index (χ0) is 9.23. The van der Waals surface area contributed by atoms with E-state index in [1.807, 2.05) is 13.8 Å². The molecule has 0 saturated carbocycles. The third kappa shape index (κ3) is 6.95. The molecule has 0 aliphatic carbocycles. The molecule has 1 heterocycles. The molecule has 4 heteroatoms. The standard InChI is InChI=1S/C4H4N2O.C4H10O/c7-6-4-2-1-3-5-6;1-3-5-4-2/h1-4H;3-4H2,1-2H3. The summed E-state index contributed by atoms with van der Waals surface area (Å²) < 4.78 is 4.83. The molecule has 0 aliphatic rings. The van der Waals surface area contributed by atoms with E-state index in [0.29, 0.717) is 4.85 Å². The quantitative estimate of drug-likeness (QED) is 0.486. The van der Waals surface area contributed by atoms with Crippen LogP contribution in [0, 0.1) is 5.21 Å². The van der Waals surface area contributed by atoms with Gasteiger partial charge in [-0.05, 0) is 19.9 Å². The Morgan fingerprint density at radius 1 is 1.33 bits per heavy atom. The van der Waals surface area contributed by atoms with Crippen molar-refractivity contribution < 1.29 is 9.58 Å². The highest BCUT2D eigenvalue weighted by atomic mass is 16.5. The minimum atomic E-state index is 0.500. The number of rotatable bonds is 2. The first-order valence-corrected chi connectivity index (χ1v) is 3.89. The van der Waals surface area contributed by atoms with Crippen molar-refractivity contribution >= 4 is 0 Å². The summed E-state index contributed by atoms with van der Waals surface area (Å²) >= 11 is 0. The molecule has 0 aliphatic heterocycles. The van der Waals surface area contributed by atoms with E-state index in [9.17, 15) is 5.21 Å². The molecular weight excluding hydrogens is 156 g/mol. The molecule has 0 atom stereocenters. The van der Waals surface area contributed by atoms with Gasteiger partial charge in [0.15, 0.2) is 0 Å². The average Bonchev–Trinajstić information content (AvgIpc) is 2.08. The van der Waals surface area contributed by atoms with E-state index in [1.54, 1.807) is 12.1 Å². The van der Waals surface area contributed by atoms with Gasteiger partial charge >= 0.3 is 0 Å². The van der Waals surface area contributed by atoms with Gasteiger partial charge in [0, 0.05) is 24.4 Å². The van der Waals surface area contributed by atoms with Crippen molar-refractivity contribution in [2.75, 3.05) is 13.2 Å². The van der Waals surface area contributed by atoms with Crippen LogP contribution in [0.5, 0.6) is 0 Å². The Morgan fingerprint density at radius 2 is 2.00 bits per heavy atom. The van der Waals surface area contributed by atoms with Crippen LogP contribution < -0.4 is 4.85 Å². The highest BCUT2D eigenvalue weighted by Gasteiger charge is 1.76. The van der Waals surface area contributed by atoms with Gasteiger partial charge in [-0.1, -0.05) is 4.85 Å². The van der Waals surface area contributed by atoms with Crippen LogP contribution in [0.3, 0.4) is 0 Å². The van der Waals surface area contributed by atoms with Crippen LogP contribution in [0.15, 0.2) is 24.5 Å². The summed E-state index contributed by atoms with van der Waals surface area (Å²) in [7, 11) is 0. The third-order valence-corrected chi connectivity index (χ3v) is 0.999. The second-order valence-corrected chi connectivity index (χ2v) is 1.88. The number of hydrogen-bond acceptors (Lipinski definition) is 3. The Labute approximate surface area is 72.4 Å². The van der Waals surface area contributed by atoms with Crippen LogP contribution in [0.2, 0.25) is 0 Å². The van der Waals surface area contributed by atoms with E-state index in [2.05, 4.69) is 5.10 Å². The van der Waals surface area contributed by atoms with Gasteiger partial charge in [0.25, 0.3) is 0 Å². The summed E-state index contributed by atoms with van der Waals surface area (Å²) in [5.41, 5.74) is 0. The zero-order valence-electron chi connectivity index (χ0n) is 7.43. The fourth-order valence-electron chi connectivity index (χ4n) is 0.520. The molecule has 0 aromatic carbocycles. The van der Waals surface area contributed by atoms with Crippen LogP contribution in [-0.2, 0) is 4.74 Å². The number of hydrogen-bond donors (Lipinski definition) is 0. The molecule has 4 nitrogen and oxygen atoms in total. The molecule has 1 aromatic rings. The Kier molecular flexibility index (Phi) is 7.17. The van der Waals surface area contributed by atoms with Gasteiger partial charge in [-0.3, -0.25) is 0 Å². The lowest BCUT2D eigenvalue weighted by atomic mass is 10.6.